The summed E-state index contributed by atoms with van der Waals surface area (Å²) in [7, 11) is 0. The molecule has 6 rings (SSSR count). The smallest absolute Gasteiger partial charge is 0.255 e. The molecule has 1 saturated carbocycles. The molecule has 9 heteroatoms. The Morgan fingerprint density at radius 3 is 2.36 bits per heavy atom. The van der Waals surface area contributed by atoms with Gasteiger partial charge in [-0.15, -0.1) is 0 Å². The van der Waals surface area contributed by atoms with E-state index in [2.05, 4.69) is 29.2 Å². The zero-order chi connectivity index (χ0) is 31.5. The van der Waals surface area contributed by atoms with Crippen LogP contribution in [0.1, 0.15) is 55.4 Å². The first-order chi connectivity index (χ1) is 20.9. The number of primary amides is 1. The fraction of sp³-hybridized carbons (Fsp3) is 0.457. The number of nitrogens with two attached hydrogens (primary N) is 1. The van der Waals surface area contributed by atoms with Crippen molar-refractivity contribution in [2.75, 3.05) is 13.1 Å². The summed E-state index contributed by atoms with van der Waals surface area (Å²) in [5, 5.41) is 45.2. The summed E-state index contributed by atoms with van der Waals surface area (Å²) < 4.78 is 0. The third kappa shape index (κ3) is 4.73. The van der Waals surface area contributed by atoms with Crippen molar-refractivity contribution in [1.29, 1.82) is 0 Å². The summed E-state index contributed by atoms with van der Waals surface area (Å²) in [6.07, 6.45) is 3.24. The number of nitrogens with zero attached hydrogens (tertiary/aromatic N) is 1. The summed E-state index contributed by atoms with van der Waals surface area (Å²) in [5.74, 6) is -6.98. The second-order valence-corrected chi connectivity index (χ2v) is 13.3. The van der Waals surface area contributed by atoms with E-state index in [-0.39, 0.29) is 29.2 Å². The van der Waals surface area contributed by atoms with Gasteiger partial charge < -0.3 is 26.2 Å². The van der Waals surface area contributed by atoms with Crippen LogP contribution in [0.2, 0.25) is 0 Å². The summed E-state index contributed by atoms with van der Waals surface area (Å²) >= 11 is 0. The Hall–Kier alpha value is -3.95. The number of aromatic hydroxyl groups is 1. The van der Waals surface area contributed by atoms with Crippen LogP contribution < -0.4 is 5.73 Å². The molecule has 0 bridgehead atoms. The van der Waals surface area contributed by atoms with Gasteiger partial charge >= 0.3 is 0 Å². The van der Waals surface area contributed by atoms with Gasteiger partial charge in [0.2, 0.25) is 5.78 Å². The fourth-order valence-electron chi connectivity index (χ4n) is 8.24. The van der Waals surface area contributed by atoms with Crippen molar-refractivity contribution in [1.82, 2.24) is 4.90 Å². The topological polar surface area (TPSA) is 161 Å². The van der Waals surface area contributed by atoms with Crippen molar-refractivity contribution in [2.24, 2.45) is 35.3 Å². The first kappa shape index (κ1) is 30.1. The molecule has 2 aromatic rings. The standard InChI is InChI=1S/C35H40N2O7/c1-18(2)26-24-16-22-15-23-21(14-19-10-12-37(13-11-19)17-20-6-4-3-5-7-20)8-9-25(38)28(23)31(40)27(22)32(41)35(24,44)33(42)29(30(26)39)34(36)43/h3-9,18-19,22,24,26,38,40,42,44H,10-17H2,1-2H3,(H2,36,43)/t22-,24-,26-,35-/m0/s1. The number of carbonyl (C=O) groups is 3. The number of piperidine rings is 1. The third-order valence-corrected chi connectivity index (χ3v) is 10.4. The lowest BCUT2D eigenvalue weighted by Gasteiger charge is -2.50. The zero-order valence-electron chi connectivity index (χ0n) is 25.1. The molecule has 1 amide bonds. The number of fused-ring (bicyclic) bond motifs is 3. The van der Waals surface area contributed by atoms with Gasteiger partial charge in [0.25, 0.3) is 5.91 Å². The maximum Gasteiger partial charge on any atom is 0.255 e. The first-order valence-electron chi connectivity index (χ1n) is 15.5. The van der Waals surface area contributed by atoms with E-state index >= 15 is 0 Å². The molecule has 232 valence electrons. The van der Waals surface area contributed by atoms with Crippen LogP contribution in [0.3, 0.4) is 0 Å². The second-order valence-electron chi connectivity index (χ2n) is 13.3. The lowest BCUT2D eigenvalue weighted by molar-refractivity contribution is -0.155. The van der Waals surface area contributed by atoms with Crippen LogP contribution in [0.5, 0.6) is 5.75 Å². The van der Waals surface area contributed by atoms with E-state index in [1.807, 2.05) is 12.1 Å². The molecule has 4 aliphatic rings. The van der Waals surface area contributed by atoms with E-state index in [0.717, 1.165) is 50.0 Å². The SMILES string of the molecule is CC(C)[C@@H]1C(=O)C(C(N)=O)=C(O)[C@@]2(O)C(=O)C3=C(O)c4c(O)ccc(CC5CCN(Cc6ccccc6)CC5)c4C[C@H]3C[C@@H]12. The fourth-order valence-corrected chi connectivity index (χ4v) is 8.24. The van der Waals surface area contributed by atoms with Gasteiger partial charge in [0, 0.05) is 24.0 Å². The summed E-state index contributed by atoms with van der Waals surface area (Å²) in [6.45, 7) is 6.38. The molecule has 44 heavy (non-hydrogen) atoms. The molecule has 1 saturated heterocycles. The average molecular weight is 601 g/mol. The largest absolute Gasteiger partial charge is 0.508 e. The molecule has 1 aliphatic heterocycles. The maximum atomic E-state index is 14.1. The lowest BCUT2D eigenvalue weighted by atomic mass is 9.54. The Morgan fingerprint density at radius 2 is 1.73 bits per heavy atom. The number of Topliss-reactive ketones (excluding diaryl/α,β-unsaturated/α-hetero) is 2. The van der Waals surface area contributed by atoms with Crippen LogP contribution in [-0.2, 0) is 33.8 Å². The van der Waals surface area contributed by atoms with Gasteiger partial charge in [-0.1, -0.05) is 50.2 Å². The number of aliphatic hydroxyl groups is 3. The highest BCUT2D eigenvalue weighted by Gasteiger charge is 2.64. The van der Waals surface area contributed by atoms with Gasteiger partial charge in [0.1, 0.15) is 22.8 Å². The molecule has 1 heterocycles. The van der Waals surface area contributed by atoms with Crippen molar-refractivity contribution < 1.29 is 34.8 Å². The van der Waals surface area contributed by atoms with Crippen molar-refractivity contribution in [3.05, 3.63) is 81.6 Å². The number of carbonyl (C=O) groups excluding carboxylic acids is 3. The number of aliphatic hydroxyl groups excluding tert-OH is 2. The Kier molecular flexibility index (Phi) is 7.66. The highest BCUT2D eigenvalue weighted by atomic mass is 16.3. The normalized spacial score (nSPS) is 27.8. The molecule has 6 N–H and O–H groups in total. The average Bonchev–Trinajstić information content (AvgIpc) is 2.97. The number of phenolic OH excluding ortho intramolecular Hbond substituents is 1. The summed E-state index contributed by atoms with van der Waals surface area (Å²) in [6, 6.07) is 13.8. The second kappa shape index (κ2) is 11.2. The number of likely N-dealkylation sites (tertiary alicyclic amines) is 1. The maximum absolute atomic E-state index is 14.1. The van der Waals surface area contributed by atoms with Crippen LogP contribution in [0.25, 0.3) is 5.76 Å². The Morgan fingerprint density at radius 1 is 1.05 bits per heavy atom. The van der Waals surface area contributed by atoms with Gasteiger partial charge in [-0.3, -0.25) is 19.3 Å². The highest BCUT2D eigenvalue weighted by molar-refractivity contribution is 6.23. The molecular weight excluding hydrogens is 560 g/mol. The van der Waals surface area contributed by atoms with Gasteiger partial charge in [0.05, 0.1) is 5.56 Å². The van der Waals surface area contributed by atoms with Crippen molar-refractivity contribution in [2.45, 2.75) is 58.1 Å². The van der Waals surface area contributed by atoms with Gasteiger partial charge in [-0.2, -0.15) is 0 Å². The van der Waals surface area contributed by atoms with Crippen molar-refractivity contribution >= 4 is 23.2 Å². The van der Waals surface area contributed by atoms with Crippen LogP contribution >= 0.6 is 0 Å². The lowest BCUT2D eigenvalue weighted by Crippen LogP contribution is -2.62. The minimum absolute atomic E-state index is 0.106. The number of benzene rings is 2. The molecule has 9 nitrogen and oxygen atoms in total. The molecule has 0 radical (unpaired) electrons. The number of ketones is 2. The van der Waals surface area contributed by atoms with Gasteiger partial charge in [-0.25, -0.2) is 0 Å². The van der Waals surface area contributed by atoms with Crippen molar-refractivity contribution in [3.8, 4) is 5.75 Å². The first-order valence-corrected chi connectivity index (χ1v) is 15.5. The molecule has 2 fully saturated rings. The number of phenols is 1. The summed E-state index contributed by atoms with van der Waals surface area (Å²) in [4.78, 5) is 42.0. The van der Waals surface area contributed by atoms with Gasteiger partial charge in [0.15, 0.2) is 11.4 Å². The van der Waals surface area contributed by atoms with Crippen LogP contribution in [0.4, 0.5) is 0 Å². The van der Waals surface area contributed by atoms with E-state index in [9.17, 15) is 34.8 Å². The quantitative estimate of drug-likeness (QED) is 0.313. The summed E-state index contributed by atoms with van der Waals surface area (Å²) in [5.41, 5.74) is 5.16. The predicted octanol–water partition coefficient (Wildman–Crippen LogP) is 3.76. The molecule has 0 spiro atoms. The van der Waals surface area contributed by atoms with Gasteiger partial charge in [-0.05, 0) is 85.7 Å². The minimum Gasteiger partial charge on any atom is -0.508 e. The van der Waals surface area contributed by atoms with Crippen LogP contribution in [0, 0.1) is 29.6 Å². The van der Waals surface area contributed by atoms with E-state index < -0.39 is 57.9 Å². The van der Waals surface area contributed by atoms with Crippen molar-refractivity contribution in [3.63, 3.8) is 0 Å². The number of hydrogen-bond acceptors (Lipinski definition) is 8. The number of amides is 1. The van der Waals surface area contributed by atoms with Crippen LogP contribution in [0.15, 0.2) is 59.4 Å². The zero-order valence-corrected chi connectivity index (χ0v) is 25.1. The number of hydrogen-bond donors (Lipinski definition) is 5. The molecule has 3 aliphatic carbocycles. The minimum atomic E-state index is -2.59. The number of rotatable bonds is 6. The van der Waals surface area contributed by atoms with E-state index in [1.54, 1.807) is 13.8 Å². The molecule has 4 atom stereocenters. The molecule has 0 aromatic heterocycles. The van der Waals surface area contributed by atoms with Crippen LogP contribution in [-0.4, -0.2) is 61.5 Å². The third-order valence-electron chi connectivity index (χ3n) is 10.4. The highest BCUT2D eigenvalue weighted by Crippen LogP contribution is 2.55. The van der Waals surface area contributed by atoms with E-state index in [4.69, 9.17) is 5.73 Å². The molecule has 0 unspecified atom stereocenters. The Labute approximate surface area is 256 Å². The Bertz CT molecular complexity index is 1590. The molecule has 2 aromatic carbocycles. The van der Waals surface area contributed by atoms with E-state index in [1.165, 1.54) is 11.6 Å². The Balaban J connectivity index is 1.31. The molecular formula is C35H40N2O7. The predicted molar refractivity (Wildman–Crippen MR) is 163 cm³/mol. The van der Waals surface area contributed by atoms with E-state index in [0.29, 0.717) is 12.3 Å². The monoisotopic (exact) mass is 600 g/mol.